The third-order valence-electron chi connectivity index (χ3n) is 1.75. The number of hydrogen-bond acceptors (Lipinski definition) is 2. The maximum absolute atomic E-state index is 11.3. The van der Waals surface area contributed by atoms with Crippen LogP contribution in [0, 0.1) is 0 Å². The van der Waals surface area contributed by atoms with Crippen LogP contribution in [0.15, 0.2) is 23.8 Å². The summed E-state index contributed by atoms with van der Waals surface area (Å²) in [6, 6.07) is 0. The van der Waals surface area contributed by atoms with Gasteiger partial charge >= 0.3 is 5.97 Å². The van der Waals surface area contributed by atoms with Crippen molar-refractivity contribution in [3.05, 3.63) is 23.8 Å². The molecule has 0 rings (SSSR count). The Morgan fingerprint density at radius 2 is 1.93 bits per heavy atom. The zero-order valence-electron chi connectivity index (χ0n) is 9.38. The van der Waals surface area contributed by atoms with E-state index < -0.39 is 0 Å². The van der Waals surface area contributed by atoms with E-state index >= 15 is 0 Å². The number of rotatable bonds is 6. The molecule has 0 spiro atoms. The van der Waals surface area contributed by atoms with Crippen molar-refractivity contribution in [3.8, 4) is 0 Å². The molecule has 0 aromatic heterocycles. The van der Waals surface area contributed by atoms with Crippen LogP contribution in [0.25, 0.3) is 0 Å². The molecule has 0 aliphatic rings. The van der Waals surface area contributed by atoms with Gasteiger partial charge in [-0.05, 0) is 26.2 Å². The zero-order chi connectivity index (χ0) is 10.8. The molecule has 0 aliphatic carbocycles. The highest BCUT2D eigenvalue weighted by Crippen LogP contribution is 1.99. The lowest BCUT2D eigenvalue weighted by molar-refractivity contribution is -0.138. The summed E-state index contributed by atoms with van der Waals surface area (Å²) in [5.74, 6) is -0.197. The lowest BCUT2D eigenvalue weighted by Gasteiger charge is -2.02. The van der Waals surface area contributed by atoms with Crippen LogP contribution in [0.1, 0.15) is 40.0 Å². The Kier molecular flexibility index (Phi) is 7.90. The van der Waals surface area contributed by atoms with E-state index in [1.165, 1.54) is 0 Å². The lowest BCUT2D eigenvalue weighted by Crippen LogP contribution is -2.06. The predicted molar refractivity (Wildman–Crippen MR) is 59.1 cm³/mol. The molecule has 0 radical (unpaired) electrons. The highest BCUT2D eigenvalue weighted by atomic mass is 16.5. The summed E-state index contributed by atoms with van der Waals surface area (Å²) in [5.41, 5.74) is 0.701. The Bertz CT molecular complexity index is 214. The van der Waals surface area contributed by atoms with Gasteiger partial charge in [0.15, 0.2) is 0 Å². The van der Waals surface area contributed by atoms with E-state index in [1.807, 2.05) is 19.1 Å². The number of carbonyl (C=O) groups is 1. The Balaban J connectivity index is 3.64. The van der Waals surface area contributed by atoms with Gasteiger partial charge in [-0.2, -0.15) is 0 Å². The molecule has 0 unspecified atom stereocenters. The second kappa shape index (κ2) is 8.54. The maximum atomic E-state index is 11.3. The molecule has 0 fully saturated rings. The van der Waals surface area contributed by atoms with E-state index in [9.17, 15) is 4.79 Å². The van der Waals surface area contributed by atoms with Crippen molar-refractivity contribution >= 4 is 5.97 Å². The van der Waals surface area contributed by atoms with Crippen LogP contribution in [0.4, 0.5) is 0 Å². The minimum Gasteiger partial charge on any atom is -0.462 e. The molecule has 0 aliphatic heterocycles. The summed E-state index contributed by atoms with van der Waals surface area (Å²) >= 11 is 0. The third kappa shape index (κ3) is 6.46. The van der Waals surface area contributed by atoms with Gasteiger partial charge in [-0.25, -0.2) is 4.79 Å². The standard InChI is InChI=1S/C12H20O2/c1-4-6-7-8-10-14-12(13)11(3)9-5-2/h6-7,9H,4-5,8,10H2,1-3H3/b7-6+,11-9+. The molecule has 0 heterocycles. The number of ether oxygens (including phenoxy) is 1. The zero-order valence-corrected chi connectivity index (χ0v) is 9.38. The van der Waals surface area contributed by atoms with Crippen molar-refractivity contribution in [1.82, 2.24) is 0 Å². The lowest BCUT2D eigenvalue weighted by atomic mass is 10.2. The molecule has 0 saturated heterocycles. The normalized spacial score (nSPS) is 12.1. The summed E-state index contributed by atoms with van der Waals surface area (Å²) in [5, 5.41) is 0. The molecule has 0 bridgehead atoms. The van der Waals surface area contributed by atoms with Gasteiger partial charge in [0.05, 0.1) is 6.61 Å². The van der Waals surface area contributed by atoms with Crippen molar-refractivity contribution in [2.45, 2.75) is 40.0 Å². The second-order valence-electron chi connectivity index (χ2n) is 3.10. The fraction of sp³-hybridized carbons (Fsp3) is 0.583. The van der Waals surface area contributed by atoms with Crippen LogP contribution < -0.4 is 0 Å². The van der Waals surface area contributed by atoms with Crippen molar-refractivity contribution in [1.29, 1.82) is 0 Å². The number of hydrogen-bond donors (Lipinski definition) is 0. The summed E-state index contributed by atoms with van der Waals surface area (Å²) in [6.45, 7) is 6.34. The van der Waals surface area contributed by atoms with Gasteiger partial charge in [0.1, 0.15) is 0 Å². The number of allylic oxidation sites excluding steroid dienone is 2. The molecule has 0 aromatic carbocycles. The average Bonchev–Trinajstić information content (AvgIpc) is 2.17. The molecule has 0 aromatic rings. The van der Waals surface area contributed by atoms with Gasteiger partial charge in [0, 0.05) is 5.57 Å². The van der Waals surface area contributed by atoms with Crippen molar-refractivity contribution in [3.63, 3.8) is 0 Å². The van der Waals surface area contributed by atoms with Gasteiger partial charge in [-0.3, -0.25) is 0 Å². The molecule has 0 atom stereocenters. The molecule has 0 amide bonds. The summed E-state index contributed by atoms with van der Waals surface area (Å²) in [4.78, 5) is 11.3. The fourth-order valence-electron chi connectivity index (χ4n) is 1.01. The summed E-state index contributed by atoms with van der Waals surface area (Å²) in [7, 11) is 0. The first-order valence-corrected chi connectivity index (χ1v) is 5.21. The molecule has 2 heteroatoms. The Labute approximate surface area is 86.6 Å². The van der Waals surface area contributed by atoms with Crippen LogP contribution in [0.5, 0.6) is 0 Å². The summed E-state index contributed by atoms with van der Waals surface area (Å²) < 4.78 is 5.04. The number of esters is 1. The van der Waals surface area contributed by atoms with Crippen LogP contribution in [-0.4, -0.2) is 12.6 Å². The monoisotopic (exact) mass is 196 g/mol. The minimum absolute atomic E-state index is 0.197. The van der Waals surface area contributed by atoms with Crippen LogP contribution >= 0.6 is 0 Å². The Morgan fingerprint density at radius 3 is 2.50 bits per heavy atom. The smallest absolute Gasteiger partial charge is 0.333 e. The predicted octanol–water partition coefficient (Wildman–Crippen LogP) is 3.24. The molecule has 80 valence electrons. The second-order valence-corrected chi connectivity index (χ2v) is 3.10. The first-order chi connectivity index (χ1) is 6.72. The molecular formula is C12H20O2. The fourth-order valence-corrected chi connectivity index (χ4v) is 1.01. The van der Waals surface area contributed by atoms with E-state index in [4.69, 9.17) is 4.74 Å². The van der Waals surface area contributed by atoms with Crippen LogP contribution in [-0.2, 0) is 9.53 Å². The van der Waals surface area contributed by atoms with E-state index in [1.54, 1.807) is 6.92 Å². The van der Waals surface area contributed by atoms with Crippen LogP contribution in [0.2, 0.25) is 0 Å². The highest BCUT2D eigenvalue weighted by Gasteiger charge is 2.02. The molecule has 2 nitrogen and oxygen atoms in total. The van der Waals surface area contributed by atoms with Gasteiger partial charge in [0.25, 0.3) is 0 Å². The van der Waals surface area contributed by atoms with Crippen molar-refractivity contribution in [2.75, 3.05) is 6.61 Å². The number of carbonyl (C=O) groups excluding carboxylic acids is 1. The molecule has 14 heavy (non-hydrogen) atoms. The van der Waals surface area contributed by atoms with Gasteiger partial charge in [-0.15, -0.1) is 0 Å². The van der Waals surface area contributed by atoms with E-state index in [-0.39, 0.29) is 5.97 Å². The molecule has 0 N–H and O–H groups in total. The largest absolute Gasteiger partial charge is 0.462 e. The highest BCUT2D eigenvalue weighted by molar-refractivity contribution is 5.87. The quantitative estimate of drug-likeness (QED) is 0.282. The SMILES string of the molecule is CC/C=C/CCOC(=O)/C(C)=C/CC. The molecule has 0 saturated carbocycles. The topological polar surface area (TPSA) is 26.3 Å². The van der Waals surface area contributed by atoms with Crippen LogP contribution in [0.3, 0.4) is 0 Å². The Morgan fingerprint density at radius 1 is 1.21 bits per heavy atom. The Hall–Kier alpha value is -1.05. The van der Waals surface area contributed by atoms with Gasteiger partial charge in [-0.1, -0.05) is 32.1 Å². The average molecular weight is 196 g/mol. The van der Waals surface area contributed by atoms with Crippen molar-refractivity contribution in [2.24, 2.45) is 0 Å². The van der Waals surface area contributed by atoms with Gasteiger partial charge in [0.2, 0.25) is 0 Å². The maximum Gasteiger partial charge on any atom is 0.333 e. The van der Waals surface area contributed by atoms with Crippen molar-refractivity contribution < 1.29 is 9.53 Å². The van der Waals surface area contributed by atoms with E-state index in [0.717, 1.165) is 19.3 Å². The van der Waals surface area contributed by atoms with E-state index in [0.29, 0.717) is 12.2 Å². The minimum atomic E-state index is -0.197. The van der Waals surface area contributed by atoms with E-state index in [2.05, 4.69) is 13.0 Å². The first kappa shape index (κ1) is 12.9. The van der Waals surface area contributed by atoms with Gasteiger partial charge < -0.3 is 4.74 Å². The molecular weight excluding hydrogens is 176 g/mol. The third-order valence-corrected chi connectivity index (χ3v) is 1.75. The summed E-state index contributed by atoms with van der Waals surface area (Å²) in [6.07, 6.45) is 8.69. The first-order valence-electron chi connectivity index (χ1n) is 5.21.